The summed E-state index contributed by atoms with van der Waals surface area (Å²) in [6.07, 6.45) is 6.54. The van der Waals surface area contributed by atoms with Gasteiger partial charge < -0.3 is 0 Å². The molecular weight excluding hydrogens is 605 g/mol. The second-order valence-corrected chi connectivity index (χ2v) is 13.3. The molecule has 0 bridgehead atoms. The van der Waals surface area contributed by atoms with E-state index >= 15 is 0 Å². The highest BCUT2D eigenvalue weighted by atomic mass is 15.0. The zero-order valence-electron chi connectivity index (χ0n) is 28.7. The zero-order chi connectivity index (χ0) is 34.2. The van der Waals surface area contributed by atoms with Crippen LogP contribution in [0.15, 0.2) is 182 Å². The summed E-state index contributed by atoms with van der Waals surface area (Å²) in [5, 5.41) is 5.02. The van der Waals surface area contributed by atoms with E-state index in [-0.39, 0.29) is 0 Å². The molecule has 0 fully saturated rings. The van der Waals surface area contributed by atoms with E-state index in [0.717, 1.165) is 56.0 Å². The monoisotopic (exact) mass is 642 g/mol. The predicted octanol–water partition coefficient (Wildman–Crippen LogP) is 13.2. The number of aromatic nitrogens is 2. The van der Waals surface area contributed by atoms with Crippen molar-refractivity contribution < 1.29 is 0 Å². The number of benzene rings is 6. The van der Waals surface area contributed by atoms with E-state index in [4.69, 9.17) is 4.98 Å². The molecule has 6 aromatic carbocycles. The lowest BCUT2D eigenvalue weighted by Gasteiger charge is -2.16. The highest BCUT2D eigenvalue weighted by molar-refractivity contribution is 6.14. The molecule has 2 heteroatoms. The standard InChI is InChI=1S/C48H38N2/c1-32(2)26-38(27-33(3)4)40-28-39(29-41(30-40)45-31-37-16-8-9-17-42(37)43-18-10-11-19-44(43)45)34-21-23-35(24-22-34)47-48(36-14-6-5-7-15-36)50-25-13-12-20-46(50)49-47/h5-31H,1H2,2-4H3/b38-26+. The zero-order valence-corrected chi connectivity index (χ0v) is 28.7. The van der Waals surface area contributed by atoms with Gasteiger partial charge in [0.1, 0.15) is 5.65 Å². The number of imidazole rings is 1. The van der Waals surface area contributed by atoms with Crippen molar-refractivity contribution in [1.82, 2.24) is 9.38 Å². The normalized spacial score (nSPS) is 11.7. The minimum Gasteiger partial charge on any atom is -0.299 e. The first-order valence-electron chi connectivity index (χ1n) is 17.1. The van der Waals surface area contributed by atoms with Gasteiger partial charge in [0, 0.05) is 17.3 Å². The van der Waals surface area contributed by atoms with Gasteiger partial charge in [0.25, 0.3) is 0 Å². The molecule has 8 aromatic rings. The maximum atomic E-state index is 5.10. The van der Waals surface area contributed by atoms with Gasteiger partial charge in [-0.25, -0.2) is 4.98 Å². The van der Waals surface area contributed by atoms with Crippen LogP contribution in [0.25, 0.3) is 77.5 Å². The number of allylic oxidation sites excluding steroid dienone is 5. The molecule has 0 saturated carbocycles. The van der Waals surface area contributed by atoms with Crippen LogP contribution in [-0.4, -0.2) is 9.38 Å². The SMILES string of the molecule is C=C(C)/C=C(\C=C(C)C)c1cc(-c2ccc(-c3nc4ccccn4c3-c3ccccc3)cc2)cc(-c2cc3ccccc3c3ccccc23)c1. The van der Waals surface area contributed by atoms with E-state index in [1.807, 2.05) is 6.07 Å². The summed E-state index contributed by atoms with van der Waals surface area (Å²) in [6.45, 7) is 10.6. The first-order valence-corrected chi connectivity index (χ1v) is 17.1. The minimum absolute atomic E-state index is 0.932. The Hall–Kier alpha value is -6.25. The van der Waals surface area contributed by atoms with Crippen molar-refractivity contribution in [3.8, 4) is 44.8 Å². The maximum Gasteiger partial charge on any atom is 0.137 e. The predicted molar refractivity (Wildman–Crippen MR) is 214 cm³/mol. The molecule has 2 aromatic heterocycles. The smallest absolute Gasteiger partial charge is 0.137 e. The lowest BCUT2D eigenvalue weighted by atomic mass is 9.88. The summed E-state index contributed by atoms with van der Waals surface area (Å²) in [6, 6.07) is 52.4. The Morgan fingerprint density at radius 1 is 0.560 bits per heavy atom. The van der Waals surface area contributed by atoms with Gasteiger partial charge in [-0.15, -0.1) is 0 Å². The molecule has 2 nitrogen and oxygen atoms in total. The second-order valence-electron chi connectivity index (χ2n) is 13.3. The van der Waals surface area contributed by atoms with Gasteiger partial charge in [-0.05, 0) is 112 Å². The van der Waals surface area contributed by atoms with Gasteiger partial charge in [-0.2, -0.15) is 0 Å². The fraction of sp³-hybridized carbons (Fsp3) is 0.0625. The van der Waals surface area contributed by atoms with Gasteiger partial charge in [0.05, 0.1) is 11.4 Å². The molecule has 0 aliphatic heterocycles. The van der Waals surface area contributed by atoms with Gasteiger partial charge in [0.15, 0.2) is 0 Å². The molecule has 8 rings (SSSR count). The molecule has 240 valence electrons. The van der Waals surface area contributed by atoms with Crippen LogP contribution in [0, 0.1) is 0 Å². The highest BCUT2D eigenvalue weighted by Gasteiger charge is 2.17. The van der Waals surface area contributed by atoms with E-state index in [9.17, 15) is 0 Å². The fourth-order valence-electron chi connectivity index (χ4n) is 7.08. The molecule has 0 atom stereocenters. The summed E-state index contributed by atoms with van der Waals surface area (Å²) >= 11 is 0. The van der Waals surface area contributed by atoms with Crippen molar-refractivity contribution >= 4 is 32.8 Å². The second kappa shape index (κ2) is 13.0. The molecule has 50 heavy (non-hydrogen) atoms. The van der Waals surface area contributed by atoms with Gasteiger partial charge >= 0.3 is 0 Å². The number of pyridine rings is 1. The Bertz CT molecular complexity index is 2610. The molecule has 0 aliphatic carbocycles. The summed E-state index contributed by atoms with van der Waals surface area (Å²) in [5.41, 5.74) is 14.5. The number of hydrogen-bond acceptors (Lipinski definition) is 1. The third kappa shape index (κ3) is 5.86. The molecule has 0 unspecified atom stereocenters. The van der Waals surface area contributed by atoms with Crippen LogP contribution in [0.5, 0.6) is 0 Å². The number of nitrogens with zero attached hydrogens (tertiary/aromatic N) is 2. The Morgan fingerprint density at radius 3 is 1.98 bits per heavy atom. The lowest BCUT2D eigenvalue weighted by molar-refractivity contribution is 1.19. The van der Waals surface area contributed by atoms with Crippen LogP contribution >= 0.6 is 0 Å². The molecule has 0 N–H and O–H groups in total. The van der Waals surface area contributed by atoms with Crippen LogP contribution in [-0.2, 0) is 0 Å². The molecule has 2 heterocycles. The van der Waals surface area contributed by atoms with Gasteiger partial charge in [-0.1, -0.05) is 139 Å². The average molecular weight is 643 g/mol. The van der Waals surface area contributed by atoms with E-state index in [1.165, 1.54) is 38.2 Å². The van der Waals surface area contributed by atoms with Crippen molar-refractivity contribution in [2.75, 3.05) is 0 Å². The third-order valence-electron chi connectivity index (χ3n) is 9.26. The number of rotatable bonds is 7. The number of fused-ring (bicyclic) bond motifs is 4. The Labute approximate surface area is 294 Å². The van der Waals surface area contributed by atoms with Crippen LogP contribution in [0.3, 0.4) is 0 Å². The Balaban J connectivity index is 1.32. The van der Waals surface area contributed by atoms with Crippen LogP contribution in [0.4, 0.5) is 0 Å². The molecular formula is C48H38N2. The summed E-state index contributed by atoms with van der Waals surface area (Å²) in [7, 11) is 0. The first kappa shape index (κ1) is 31.0. The van der Waals surface area contributed by atoms with E-state index < -0.39 is 0 Å². The van der Waals surface area contributed by atoms with Crippen molar-refractivity contribution in [1.29, 1.82) is 0 Å². The highest BCUT2D eigenvalue weighted by Crippen LogP contribution is 2.39. The van der Waals surface area contributed by atoms with Gasteiger partial charge in [0.2, 0.25) is 0 Å². The molecule has 0 radical (unpaired) electrons. The van der Waals surface area contributed by atoms with E-state index in [0.29, 0.717) is 0 Å². The Morgan fingerprint density at radius 2 is 1.22 bits per heavy atom. The maximum absolute atomic E-state index is 5.10. The summed E-state index contributed by atoms with van der Waals surface area (Å²) in [5.74, 6) is 0. The lowest BCUT2D eigenvalue weighted by Crippen LogP contribution is -1.91. The minimum atomic E-state index is 0.932. The van der Waals surface area contributed by atoms with E-state index in [2.05, 4.69) is 190 Å². The van der Waals surface area contributed by atoms with Crippen molar-refractivity contribution in [3.63, 3.8) is 0 Å². The van der Waals surface area contributed by atoms with Crippen molar-refractivity contribution in [2.45, 2.75) is 20.8 Å². The molecule has 0 amide bonds. The third-order valence-corrected chi connectivity index (χ3v) is 9.26. The summed E-state index contributed by atoms with van der Waals surface area (Å²) < 4.78 is 2.18. The first-order chi connectivity index (χ1) is 24.4. The van der Waals surface area contributed by atoms with Crippen molar-refractivity contribution in [2.24, 2.45) is 0 Å². The topological polar surface area (TPSA) is 17.3 Å². The van der Waals surface area contributed by atoms with Crippen LogP contribution in [0.1, 0.15) is 26.3 Å². The van der Waals surface area contributed by atoms with Crippen LogP contribution in [0.2, 0.25) is 0 Å². The van der Waals surface area contributed by atoms with Crippen molar-refractivity contribution in [3.05, 3.63) is 187 Å². The van der Waals surface area contributed by atoms with E-state index in [1.54, 1.807) is 0 Å². The molecule has 0 saturated heterocycles. The number of hydrogen-bond donors (Lipinski definition) is 0. The average Bonchev–Trinajstić information content (AvgIpc) is 3.54. The molecule has 0 aliphatic rings. The largest absolute Gasteiger partial charge is 0.299 e. The fourth-order valence-corrected chi connectivity index (χ4v) is 7.08. The van der Waals surface area contributed by atoms with Crippen LogP contribution < -0.4 is 0 Å². The van der Waals surface area contributed by atoms with Gasteiger partial charge in [-0.3, -0.25) is 4.40 Å². The summed E-state index contributed by atoms with van der Waals surface area (Å²) in [4.78, 5) is 5.10. The molecule has 0 spiro atoms. The Kier molecular flexibility index (Phi) is 8.06. The quantitative estimate of drug-likeness (QED) is 0.125.